The van der Waals surface area contributed by atoms with Crippen LogP contribution in [0.5, 0.6) is 5.75 Å². The Bertz CT molecular complexity index is 866. The lowest BCUT2D eigenvalue weighted by molar-refractivity contribution is 0.291. The van der Waals surface area contributed by atoms with Crippen molar-refractivity contribution in [3.8, 4) is 5.75 Å². The van der Waals surface area contributed by atoms with E-state index < -0.39 is 0 Å². The van der Waals surface area contributed by atoms with Crippen LogP contribution >= 0.6 is 0 Å². The number of fused-ring (bicyclic) bond motifs is 1. The Labute approximate surface area is 161 Å². The monoisotopic (exact) mass is 366 g/mol. The summed E-state index contributed by atoms with van der Waals surface area (Å²) in [5.74, 6) is 1.98. The Morgan fingerprint density at radius 1 is 1.04 bits per heavy atom. The highest BCUT2D eigenvalue weighted by Crippen LogP contribution is 2.22. The van der Waals surface area contributed by atoms with Crippen molar-refractivity contribution >= 4 is 16.7 Å². The van der Waals surface area contributed by atoms with Gasteiger partial charge in [-0.3, -0.25) is 0 Å². The molecule has 5 nitrogen and oxygen atoms in total. The Morgan fingerprint density at radius 3 is 2.44 bits per heavy atom. The molecule has 27 heavy (non-hydrogen) atoms. The van der Waals surface area contributed by atoms with Gasteiger partial charge in [-0.2, -0.15) is 0 Å². The fourth-order valence-electron chi connectivity index (χ4n) is 3.41. The molecule has 0 spiro atoms. The topological polar surface area (TPSA) is 56.3 Å². The number of anilines is 1. The summed E-state index contributed by atoms with van der Waals surface area (Å²) >= 11 is 0. The van der Waals surface area contributed by atoms with E-state index in [1.165, 1.54) is 5.56 Å². The van der Waals surface area contributed by atoms with Crippen LogP contribution in [-0.2, 0) is 13.0 Å². The molecular weight excluding hydrogens is 336 g/mol. The number of nitrogen functional groups attached to an aromatic ring is 1. The van der Waals surface area contributed by atoms with Crippen molar-refractivity contribution in [1.82, 2.24) is 14.5 Å². The van der Waals surface area contributed by atoms with Crippen LogP contribution in [0.3, 0.4) is 0 Å². The molecule has 1 heterocycles. The highest BCUT2D eigenvalue weighted by Gasteiger charge is 2.13. The van der Waals surface area contributed by atoms with Gasteiger partial charge < -0.3 is 19.9 Å². The number of ether oxygens (including phenoxy) is 1. The lowest BCUT2D eigenvalue weighted by Crippen LogP contribution is -2.27. The maximum absolute atomic E-state index is 6.04. The van der Waals surface area contributed by atoms with Crippen LogP contribution in [-0.4, -0.2) is 40.7 Å². The summed E-state index contributed by atoms with van der Waals surface area (Å²) < 4.78 is 7.87. The lowest BCUT2D eigenvalue weighted by atomic mass is 10.1. The molecule has 0 amide bonds. The van der Waals surface area contributed by atoms with Gasteiger partial charge in [-0.15, -0.1) is 0 Å². The first-order valence-electron chi connectivity index (χ1n) is 9.83. The zero-order valence-electron chi connectivity index (χ0n) is 16.6. The molecule has 0 aliphatic rings. The fourth-order valence-corrected chi connectivity index (χ4v) is 3.41. The number of rotatable bonds is 9. The smallest absolute Gasteiger partial charge is 0.119 e. The van der Waals surface area contributed by atoms with Gasteiger partial charge in [-0.05, 0) is 55.9 Å². The second-order valence-electron chi connectivity index (χ2n) is 6.71. The van der Waals surface area contributed by atoms with E-state index in [2.05, 4.69) is 35.4 Å². The number of nitrogens with zero attached hydrogens (tertiary/aromatic N) is 3. The predicted octanol–water partition coefficient (Wildman–Crippen LogP) is 3.95. The van der Waals surface area contributed by atoms with Crippen molar-refractivity contribution in [3.05, 3.63) is 53.9 Å². The number of nitrogens with two attached hydrogens (primary N) is 1. The standard InChI is InChI=1S/C22H30N4O/c1-4-25(5-2)13-14-26-21-16-18(23)9-12-20(21)24-22(26)15-17-7-10-19(11-8-17)27-6-3/h7-12,16H,4-6,13-15,23H2,1-3H3. The molecule has 0 unspecified atom stereocenters. The molecule has 0 atom stereocenters. The molecular formula is C22H30N4O. The van der Waals surface area contributed by atoms with Gasteiger partial charge in [0.1, 0.15) is 11.6 Å². The zero-order chi connectivity index (χ0) is 19.2. The van der Waals surface area contributed by atoms with Crippen LogP contribution in [0.4, 0.5) is 5.69 Å². The summed E-state index contributed by atoms with van der Waals surface area (Å²) in [7, 11) is 0. The van der Waals surface area contributed by atoms with E-state index in [1.54, 1.807) is 0 Å². The van der Waals surface area contributed by atoms with Crippen molar-refractivity contribution < 1.29 is 4.74 Å². The molecule has 0 radical (unpaired) electrons. The highest BCUT2D eigenvalue weighted by molar-refractivity contribution is 5.79. The van der Waals surface area contributed by atoms with Crippen LogP contribution in [0.25, 0.3) is 11.0 Å². The zero-order valence-corrected chi connectivity index (χ0v) is 16.6. The normalized spacial score (nSPS) is 11.4. The number of benzene rings is 2. The maximum Gasteiger partial charge on any atom is 0.119 e. The minimum absolute atomic E-state index is 0.682. The molecule has 0 saturated heterocycles. The molecule has 3 aromatic rings. The first-order chi connectivity index (χ1) is 13.1. The molecule has 0 aliphatic carbocycles. The van der Waals surface area contributed by atoms with Crippen LogP contribution < -0.4 is 10.5 Å². The molecule has 0 bridgehead atoms. The minimum Gasteiger partial charge on any atom is -0.494 e. The number of hydrogen-bond acceptors (Lipinski definition) is 4. The average molecular weight is 367 g/mol. The van der Waals surface area contributed by atoms with E-state index in [0.29, 0.717) is 6.61 Å². The molecule has 5 heteroatoms. The van der Waals surface area contributed by atoms with Gasteiger partial charge in [0.05, 0.1) is 17.6 Å². The quantitative estimate of drug-likeness (QED) is 0.583. The SMILES string of the molecule is CCOc1ccc(Cc2nc3ccc(N)cc3n2CCN(CC)CC)cc1. The summed E-state index contributed by atoms with van der Waals surface area (Å²) in [4.78, 5) is 7.32. The Morgan fingerprint density at radius 2 is 1.78 bits per heavy atom. The molecule has 0 fully saturated rings. The van der Waals surface area contributed by atoms with Gasteiger partial charge in [0.25, 0.3) is 0 Å². The van der Waals surface area contributed by atoms with Crippen molar-refractivity contribution in [2.45, 2.75) is 33.7 Å². The van der Waals surface area contributed by atoms with Crippen molar-refractivity contribution in [3.63, 3.8) is 0 Å². The third-order valence-corrected chi connectivity index (χ3v) is 4.98. The van der Waals surface area contributed by atoms with Gasteiger partial charge in [0, 0.05) is 25.2 Å². The number of hydrogen-bond donors (Lipinski definition) is 1. The molecule has 2 N–H and O–H groups in total. The maximum atomic E-state index is 6.04. The van der Waals surface area contributed by atoms with Gasteiger partial charge in [-0.25, -0.2) is 4.98 Å². The Hall–Kier alpha value is -2.53. The van der Waals surface area contributed by atoms with Crippen molar-refractivity contribution in [2.75, 3.05) is 32.0 Å². The second-order valence-corrected chi connectivity index (χ2v) is 6.71. The summed E-state index contributed by atoms with van der Waals surface area (Å²) in [5, 5.41) is 0. The molecule has 3 rings (SSSR count). The summed E-state index contributed by atoms with van der Waals surface area (Å²) in [6.45, 7) is 11.1. The van der Waals surface area contributed by atoms with Crippen molar-refractivity contribution in [2.24, 2.45) is 0 Å². The van der Waals surface area contributed by atoms with Crippen LogP contribution in [0.15, 0.2) is 42.5 Å². The predicted molar refractivity (Wildman–Crippen MR) is 112 cm³/mol. The van der Waals surface area contributed by atoms with E-state index in [-0.39, 0.29) is 0 Å². The van der Waals surface area contributed by atoms with Crippen LogP contribution in [0, 0.1) is 0 Å². The summed E-state index contributed by atoms with van der Waals surface area (Å²) in [5.41, 5.74) is 10.2. The number of likely N-dealkylation sites (N-methyl/N-ethyl adjacent to an activating group) is 1. The van der Waals surface area contributed by atoms with E-state index >= 15 is 0 Å². The highest BCUT2D eigenvalue weighted by atomic mass is 16.5. The first kappa shape index (κ1) is 19.2. The third kappa shape index (κ3) is 4.61. The van der Waals surface area contributed by atoms with Crippen LogP contribution in [0.1, 0.15) is 32.2 Å². The molecule has 1 aromatic heterocycles. The van der Waals surface area contributed by atoms with E-state index in [1.807, 2.05) is 37.3 Å². The lowest BCUT2D eigenvalue weighted by Gasteiger charge is -2.19. The van der Waals surface area contributed by atoms with Gasteiger partial charge >= 0.3 is 0 Å². The van der Waals surface area contributed by atoms with Crippen LogP contribution in [0.2, 0.25) is 0 Å². The van der Waals surface area contributed by atoms with E-state index in [9.17, 15) is 0 Å². The van der Waals surface area contributed by atoms with Gasteiger partial charge in [-0.1, -0.05) is 26.0 Å². The Kier molecular flexibility index (Phi) is 6.35. The fraction of sp³-hybridized carbons (Fsp3) is 0.409. The molecule has 0 aliphatic heterocycles. The average Bonchev–Trinajstić information content (AvgIpc) is 3.01. The Balaban J connectivity index is 1.89. The minimum atomic E-state index is 0.682. The van der Waals surface area contributed by atoms with E-state index in [0.717, 1.165) is 60.9 Å². The number of aromatic nitrogens is 2. The third-order valence-electron chi connectivity index (χ3n) is 4.98. The molecule has 144 valence electrons. The molecule has 0 saturated carbocycles. The van der Waals surface area contributed by atoms with Crippen molar-refractivity contribution in [1.29, 1.82) is 0 Å². The summed E-state index contributed by atoms with van der Waals surface area (Å²) in [6.07, 6.45) is 0.791. The molecule has 2 aromatic carbocycles. The second kappa shape index (κ2) is 8.91. The van der Waals surface area contributed by atoms with E-state index in [4.69, 9.17) is 15.5 Å². The number of imidazole rings is 1. The van der Waals surface area contributed by atoms with Gasteiger partial charge in [0.2, 0.25) is 0 Å². The largest absolute Gasteiger partial charge is 0.494 e. The summed E-state index contributed by atoms with van der Waals surface area (Å²) in [6, 6.07) is 14.3. The van der Waals surface area contributed by atoms with Gasteiger partial charge in [0.15, 0.2) is 0 Å². The first-order valence-corrected chi connectivity index (χ1v) is 9.83.